The predicted molar refractivity (Wildman–Crippen MR) is 55.3 cm³/mol. The molecular formula is C11H8N2O. The second kappa shape index (κ2) is 2.73. The zero-order valence-electron chi connectivity index (χ0n) is 7.42. The van der Waals surface area contributed by atoms with Gasteiger partial charge in [0.05, 0.1) is 17.6 Å². The summed E-state index contributed by atoms with van der Waals surface area (Å²) in [5, 5.41) is 0. The van der Waals surface area contributed by atoms with Gasteiger partial charge in [0, 0.05) is 12.4 Å². The molecule has 0 radical (unpaired) electrons. The molecule has 3 nitrogen and oxygen atoms in total. The summed E-state index contributed by atoms with van der Waals surface area (Å²) in [6.45, 7) is 0. The van der Waals surface area contributed by atoms with Gasteiger partial charge >= 0.3 is 0 Å². The highest BCUT2D eigenvalue weighted by atomic mass is 16.5. The number of para-hydroxylation sites is 2. The summed E-state index contributed by atoms with van der Waals surface area (Å²) in [5.74, 6) is 0.871. The molecule has 2 heterocycles. The zero-order chi connectivity index (χ0) is 9.38. The van der Waals surface area contributed by atoms with Crippen molar-refractivity contribution in [3.05, 3.63) is 48.6 Å². The lowest BCUT2D eigenvalue weighted by molar-refractivity contribution is 0.469. The van der Waals surface area contributed by atoms with Crippen LogP contribution in [0.15, 0.2) is 53.6 Å². The fraction of sp³-hybridized carbons (Fsp3) is 0. The van der Waals surface area contributed by atoms with E-state index in [0.29, 0.717) is 0 Å². The summed E-state index contributed by atoms with van der Waals surface area (Å²) < 4.78 is 5.46. The number of fused-ring (bicyclic) bond motifs is 3. The van der Waals surface area contributed by atoms with Crippen LogP contribution in [0.25, 0.3) is 0 Å². The molecule has 0 unspecified atom stereocenters. The molecule has 0 saturated heterocycles. The summed E-state index contributed by atoms with van der Waals surface area (Å²) >= 11 is 0. The molecule has 0 spiro atoms. The molecule has 1 aromatic rings. The molecule has 2 aliphatic heterocycles. The van der Waals surface area contributed by atoms with Gasteiger partial charge in [-0.15, -0.1) is 0 Å². The molecule has 3 heteroatoms. The normalized spacial score (nSPS) is 16.9. The Balaban J connectivity index is 2.15. The Morgan fingerprint density at radius 3 is 3.14 bits per heavy atom. The number of allylic oxidation sites excluding steroid dienone is 1. The molecule has 2 aliphatic rings. The van der Waals surface area contributed by atoms with E-state index >= 15 is 0 Å². The molecule has 14 heavy (non-hydrogen) atoms. The van der Waals surface area contributed by atoms with Crippen molar-refractivity contribution < 1.29 is 4.74 Å². The molecule has 68 valence electrons. The third kappa shape index (κ3) is 0.956. The maximum atomic E-state index is 5.46. The first-order valence-corrected chi connectivity index (χ1v) is 4.40. The van der Waals surface area contributed by atoms with Crippen LogP contribution in [0.3, 0.4) is 0 Å². The number of aliphatic imine (C=N–C) groups is 1. The fourth-order valence-corrected chi connectivity index (χ4v) is 1.56. The van der Waals surface area contributed by atoms with Crippen molar-refractivity contribution in [2.45, 2.75) is 0 Å². The lowest BCUT2D eigenvalue weighted by Crippen LogP contribution is -2.22. The molecule has 0 fully saturated rings. The number of rotatable bonds is 0. The second-order valence-electron chi connectivity index (χ2n) is 3.07. The maximum Gasteiger partial charge on any atom is 0.150 e. The highest BCUT2D eigenvalue weighted by molar-refractivity contribution is 5.89. The average Bonchev–Trinajstić information content (AvgIpc) is 2.29. The van der Waals surface area contributed by atoms with Crippen molar-refractivity contribution in [2.24, 2.45) is 4.99 Å². The van der Waals surface area contributed by atoms with Crippen LogP contribution in [0.5, 0.6) is 5.75 Å². The average molecular weight is 184 g/mol. The molecular weight excluding hydrogens is 176 g/mol. The van der Waals surface area contributed by atoms with Gasteiger partial charge in [0.25, 0.3) is 0 Å². The Morgan fingerprint density at radius 1 is 1.21 bits per heavy atom. The first kappa shape index (κ1) is 7.38. The summed E-state index contributed by atoms with van der Waals surface area (Å²) in [5.41, 5.74) is 2.00. The van der Waals surface area contributed by atoms with Crippen LogP contribution < -0.4 is 9.64 Å². The first-order valence-electron chi connectivity index (χ1n) is 4.40. The van der Waals surface area contributed by atoms with Crippen molar-refractivity contribution in [1.82, 2.24) is 0 Å². The van der Waals surface area contributed by atoms with Crippen molar-refractivity contribution in [3.8, 4) is 5.75 Å². The van der Waals surface area contributed by atoms with Crippen LogP contribution in [0.1, 0.15) is 0 Å². The Labute approximate surface area is 81.6 Å². The van der Waals surface area contributed by atoms with E-state index in [0.717, 1.165) is 17.1 Å². The molecule has 0 saturated carbocycles. The van der Waals surface area contributed by atoms with Crippen LogP contribution in [0, 0.1) is 0 Å². The van der Waals surface area contributed by atoms with E-state index in [1.165, 1.54) is 0 Å². The van der Waals surface area contributed by atoms with Crippen molar-refractivity contribution in [3.63, 3.8) is 0 Å². The molecule has 0 amide bonds. The molecule has 0 bridgehead atoms. The SMILES string of the molecule is C1=CN2C(=COc3ccccc32)C=N1. The van der Waals surface area contributed by atoms with E-state index in [9.17, 15) is 0 Å². The first-order chi connectivity index (χ1) is 6.95. The largest absolute Gasteiger partial charge is 0.461 e. The van der Waals surface area contributed by atoms with Gasteiger partial charge in [0.15, 0.2) is 5.75 Å². The fourth-order valence-electron chi connectivity index (χ4n) is 1.56. The topological polar surface area (TPSA) is 24.8 Å². The Kier molecular flexibility index (Phi) is 1.44. The molecule has 0 atom stereocenters. The van der Waals surface area contributed by atoms with E-state index in [4.69, 9.17) is 4.74 Å². The highest BCUT2D eigenvalue weighted by Crippen LogP contribution is 2.34. The van der Waals surface area contributed by atoms with E-state index in [1.54, 1.807) is 18.7 Å². The van der Waals surface area contributed by atoms with Crippen LogP contribution in [0.2, 0.25) is 0 Å². The molecule has 0 N–H and O–H groups in total. The van der Waals surface area contributed by atoms with Crippen molar-refractivity contribution >= 4 is 11.9 Å². The number of ether oxygens (including phenoxy) is 1. The van der Waals surface area contributed by atoms with Gasteiger partial charge in [-0.05, 0) is 12.1 Å². The summed E-state index contributed by atoms with van der Waals surface area (Å²) in [6.07, 6.45) is 7.16. The minimum atomic E-state index is 0.871. The van der Waals surface area contributed by atoms with Crippen molar-refractivity contribution in [1.29, 1.82) is 0 Å². The summed E-state index contributed by atoms with van der Waals surface area (Å²) in [6, 6.07) is 7.91. The van der Waals surface area contributed by atoms with Gasteiger partial charge in [-0.25, -0.2) is 0 Å². The van der Waals surface area contributed by atoms with Gasteiger partial charge < -0.3 is 9.64 Å². The van der Waals surface area contributed by atoms with Gasteiger partial charge in [0.2, 0.25) is 0 Å². The molecule has 1 aromatic carbocycles. The summed E-state index contributed by atoms with van der Waals surface area (Å²) in [4.78, 5) is 6.09. The van der Waals surface area contributed by atoms with Gasteiger partial charge in [-0.1, -0.05) is 12.1 Å². The van der Waals surface area contributed by atoms with E-state index < -0.39 is 0 Å². The van der Waals surface area contributed by atoms with E-state index in [-0.39, 0.29) is 0 Å². The number of hydrogen-bond acceptors (Lipinski definition) is 3. The minimum absolute atomic E-state index is 0.871. The Bertz CT molecular complexity index is 460. The monoisotopic (exact) mass is 184 g/mol. The highest BCUT2D eigenvalue weighted by Gasteiger charge is 2.18. The second-order valence-corrected chi connectivity index (χ2v) is 3.07. The third-order valence-corrected chi connectivity index (χ3v) is 2.22. The Morgan fingerprint density at radius 2 is 2.14 bits per heavy atom. The number of benzene rings is 1. The van der Waals surface area contributed by atoms with Crippen LogP contribution >= 0.6 is 0 Å². The minimum Gasteiger partial charge on any atom is -0.461 e. The van der Waals surface area contributed by atoms with E-state index in [2.05, 4.69) is 4.99 Å². The third-order valence-electron chi connectivity index (χ3n) is 2.22. The zero-order valence-corrected chi connectivity index (χ0v) is 7.42. The Hall–Kier alpha value is -2.03. The van der Waals surface area contributed by atoms with Gasteiger partial charge in [-0.2, -0.15) is 0 Å². The molecule has 0 aromatic heterocycles. The summed E-state index contributed by atoms with van der Waals surface area (Å²) in [7, 11) is 0. The number of anilines is 1. The molecule has 3 rings (SSSR count). The van der Waals surface area contributed by atoms with Crippen LogP contribution in [-0.4, -0.2) is 6.21 Å². The molecule has 0 aliphatic carbocycles. The predicted octanol–water partition coefficient (Wildman–Crippen LogP) is 2.28. The van der Waals surface area contributed by atoms with Gasteiger partial charge in [-0.3, -0.25) is 4.99 Å². The van der Waals surface area contributed by atoms with Crippen LogP contribution in [0.4, 0.5) is 5.69 Å². The lowest BCUT2D eigenvalue weighted by atomic mass is 10.2. The van der Waals surface area contributed by atoms with Crippen molar-refractivity contribution in [2.75, 3.05) is 4.90 Å². The van der Waals surface area contributed by atoms with E-state index in [1.807, 2.05) is 35.4 Å². The lowest BCUT2D eigenvalue weighted by Gasteiger charge is -2.28. The maximum absolute atomic E-state index is 5.46. The standard InChI is InChI=1S/C11H8N2O/c1-2-4-11-10(3-1)13-6-5-12-7-9(13)8-14-11/h1-8H. The van der Waals surface area contributed by atoms with Gasteiger partial charge in [0.1, 0.15) is 6.26 Å². The quantitative estimate of drug-likeness (QED) is 0.618. The number of nitrogens with zero attached hydrogens (tertiary/aromatic N) is 2. The van der Waals surface area contributed by atoms with Crippen LogP contribution in [-0.2, 0) is 0 Å². The number of hydrogen-bond donors (Lipinski definition) is 0. The smallest absolute Gasteiger partial charge is 0.150 e.